The average molecular weight is 460 g/mol. The van der Waals surface area contributed by atoms with Gasteiger partial charge in [0, 0.05) is 37.5 Å². The van der Waals surface area contributed by atoms with E-state index in [4.69, 9.17) is 4.74 Å². The van der Waals surface area contributed by atoms with Gasteiger partial charge in [0.05, 0.1) is 4.90 Å². The Kier molecular flexibility index (Phi) is 7.52. The predicted octanol–water partition coefficient (Wildman–Crippen LogP) is 2.73. The molecule has 2 atom stereocenters. The van der Waals surface area contributed by atoms with Gasteiger partial charge in [-0.3, -0.25) is 9.59 Å². The molecule has 0 aliphatic carbocycles. The summed E-state index contributed by atoms with van der Waals surface area (Å²) in [5.74, 6) is 0.299. The molecule has 8 nitrogen and oxygen atoms in total. The second kappa shape index (κ2) is 10.1. The molecule has 1 aliphatic heterocycles. The molecule has 0 aromatic heterocycles. The first-order valence-electron chi connectivity index (χ1n) is 10.5. The largest absolute Gasteiger partial charge is 0.484 e. The van der Waals surface area contributed by atoms with Crippen molar-refractivity contribution in [3.63, 3.8) is 0 Å². The third kappa shape index (κ3) is 5.86. The van der Waals surface area contributed by atoms with Gasteiger partial charge >= 0.3 is 0 Å². The lowest BCUT2D eigenvalue weighted by molar-refractivity contribution is -0.122. The van der Waals surface area contributed by atoms with Gasteiger partial charge in [-0.2, -0.15) is 4.31 Å². The summed E-state index contributed by atoms with van der Waals surface area (Å²) in [5, 5.41) is 5.21. The smallest absolute Gasteiger partial charge is 0.257 e. The van der Waals surface area contributed by atoms with Crippen LogP contribution in [-0.4, -0.2) is 51.3 Å². The first-order chi connectivity index (χ1) is 15.2. The molecular formula is C23H29N3O5S. The van der Waals surface area contributed by atoms with E-state index in [2.05, 4.69) is 24.5 Å². The molecule has 1 aliphatic rings. The number of benzene rings is 2. The molecule has 9 heteroatoms. The minimum atomic E-state index is -3.69. The van der Waals surface area contributed by atoms with E-state index in [-0.39, 0.29) is 34.8 Å². The van der Waals surface area contributed by atoms with Crippen molar-refractivity contribution in [3.8, 4) is 5.75 Å². The summed E-state index contributed by atoms with van der Waals surface area (Å²) < 4.78 is 33.2. The van der Waals surface area contributed by atoms with E-state index in [9.17, 15) is 18.0 Å². The van der Waals surface area contributed by atoms with Crippen molar-refractivity contribution in [2.24, 2.45) is 11.8 Å². The van der Waals surface area contributed by atoms with Crippen molar-refractivity contribution >= 4 is 27.5 Å². The predicted molar refractivity (Wildman–Crippen MR) is 122 cm³/mol. The van der Waals surface area contributed by atoms with Gasteiger partial charge in [-0.05, 0) is 48.6 Å². The Morgan fingerprint density at radius 3 is 2.44 bits per heavy atom. The van der Waals surface area contributed by atoms with Gasteiger partial charge < -0.3 is 15.4 Å². The first-order valence-corrected chi connectivity index (χ1v) is 12.0. The van der Waals surface area contributed by atoms with Crippen molar-refractivity contribution in [2.45, 2.75) is 25.2 Å². The van der Waals surface area contributed by atoms with E-state index in [0.29, 0.717) is 24.5 Å². The maximum absolute atomic E-state index is 13.2. The number of likely N-dealkylation sites (N-methyl/N-ethyl adjacent to an activating group) is 1. The molecule has 1 heterocycles. The highest BCUT2D eigenvalue weighted by atomic mass is 32.2. The van der Waals surface area contributed by atoms with Gasteiger partial charge in [0.15, 0.2) is 6.61 Å². The molecule has 2 unspecified atom stereocenters. The molecular weight excluding hydrogens is 430 g/mol. The fraction of sp³-hybridized carbons (Fsp3) is 0.391. The zero-order valence-corrected chi connectivity index (χ0v) is 19.3. The number of amides is 2. The van der Waals surface area contributed by atoms with Gasteiger partial charge in [-0.15, -0.1) is 0 Å². The van der Waals surface area contributed by atoms with Crippen LogP contribution in [0.25, 0.3) is 0 Å². The lowest BCUT2D eigenvalue weighted by atomic mass is 9.94. The number of hydrogen-bond acceptors (Lipinski definition) is 5. The highest BCUT2D eigenvalue weighted by Gasteiger charge is 2.32. The number of nitrogens with one attached hydrogen (secondary N) is 2. The van der Waals surface area contributed by atoms with E-state index in [1.807, 2.05) is 0 Å². The Labute approximate surface area is 189 Å². The molecule has 1 saturated heterocycles. The van der Waals surface area contributed by atoms with E-state index < -0.39 is 15.9 Å². The number of sulfonamides is 1. The van der Waals surface area contributed by atoms with E-state index in [0.717, 1.165) is 6.42 Å². The van der Waals surface area contributed by atoms with Gasteiger partial charge in [-0.1, -0.05) is 26.0 Å². The summed E-state index contributed by atoms with van der Waals surface area (Å²) in [6.45, 7) is 4.92. The minimum Gasteiger partial charge on any atom is -0.484 e. The van der Waals surface area contributed by atoms with Crippen LogP contribution in [0.3, 0.4) is 0 Å². The summed E-state index contributed by atoms with van der Waals surface area (Å²) in [5.41, 5.74) is 0.706. The maximum atomic E-state index is 13.2. The van der Waals surface area contributed by atoms with Crippen LogP contribution in [0.15, 0.2) is 53.4 Å². The van der Waals surface area contributed by atoms with Gasteiger partial charge in [0.2, 0.25) is 10.0 Å². The van der Waals surface area contributed by atoms with Crippen LogP contribution in [0.4, 0.5) is 5.69 Å². The molecule has 0 radical (unpaired) electrons. The highest BCUT2D eigenvalue weighted by Crippen LogP contribution is 2.27. The summed E-state index contributed by atoms with van der Waals surface area (Å²) in [6.07, 6.45) is 1.00. The van der Waals surface area contributed by atoms with Crippen LogP contribution < -0.4 is 15.4 Å². The van der Waals surface area contributed by atoms with Crippen molar-refractivity contribution < 1.29 is 22.7 Å². The second-order valence-corrected chi connectivity index (χ2v) is 10.2. The highest BCUT2D eigenvalue weighted by molar-refractivity contribution is 7.89. The average Bonchev–Trinajstić information content (AvgIpc) is 2.77. The van der Waals surface area contributed by atoms with E-state index in [1.165, 1.54) is 23.5 Å². The molecule has 3 rings (SSSR count). The Morgan fingerprint density at radius 2 is 1.75 bits per heavy atom. The summed E-state index contributed by atoms with van der Waals surface area (Å²) >= 11 is 0. The fourth-order valence-corrected chi connectivity index (χ4v) is 5.56. The molecule has 0 spiro atoms. The molecule has 0 bridgehead atoms. The molecule has 32 heavy (non-hydrogen) atoms. The van der Waals surface area contributed by atoms with Crippen LogP contribution >= 0.6 is 0 Å². The zero-order chi connectivity index (χ0) is 23.3. The van der Waals surface area contributed by atoms with Crippen LogP contribution in [0.1, 0.15) is 30.6 Å². The number of rotatable bonds is 7. The van der Waals surface area contributed by atoms with Crippen LogP contribution in [0.5, 0.6) is 5.75 Å². The third-order valence-electron chi connectivity index (χ3n) is 5.31. The van der Waals surface area contributed by atoms with Crippen molar-refractivity contribution in [1.82, 2.24) is 9.62 Å². The number of carbonyl (C=O) groups excluding carboxylic acids is 2. The Morgan fingerprint density at radius 1 is 1.06 bits per heavy atom. The molecule has 2 aromatic rings. The monoisotopic (exact) mass is 459 g/mol. The number of hydrogen-bond donors (Lipinski definition) is 2. The van der Waals surface area contributed by atoms with E-state index >= 15 is 0 Å². The third-order valence-corrected chi connectivity index (χ3v) is 7.14. The normalized spacial score (nSPS) is 19.2. The standard InChI is InChI=1S/C23H29N3O5S/c1-16-10-17(2)14-26(13-16)32(29,30)21-9-4-6-18(11-21)23(28)25-19-7-5-8-20(12-19)31-15-22(27)24-3/h4-9,11-12,16-17H,10,13-15H2,1-3H3,(H,24,27)(H,25,28). The molecule has 2 amide bonds. The molecule has 2 N–H and O–H groups in total. The SMILES string of the molecule is CNC(=O)COc1cccc(NC(=O)c2cccc(S(=O)(=O)N3CC(C)CC(C)C3)c2)c1. The van der Waals surface area contributed by atoms with Crippen LogP contribution in [0, 0.1) is 11.8 Å². The molecule has 0 saturated carbocycles. The minimum absolute atomic E-state index is 0.106. The lowest BCUT2D eigenvalue weighted by Crippen LogP contribution is -2.42. The second-order valence-electron chi connectivity index (χ2n) is 8.24. The van der Waals surface area contributed by atoms with Crippen LogP contribution in [0.2, 0.25) is 0 Å². The number of carbonyl (C=O) groups is 2. The zero-order valence-electron chi connectivity index (χ0n) is 18.5. The molecule has 2 aromatic carbocycles. The Balaban J connectivity index is 1.74. The lowest BCUT2D eigenvalue weighted by Gasteiger charge is -2.34. The summed E-state index contributed by atoms with van der Waals surface area (Å²) in [7, 11) is -2.17. The Bertz CT molecular complexity index is 1080. The molecule has 1 fully saturated rings. The topological polar surface area (TPSA) is 105 Å². The maximum Gasteiger partial charge on any atom is 0.257 e. The van der Waals surface area contributed by atoms with E-state index in [1.54, 1.807) is 36.4 Å². The number of anilines is 1. The Hall–Kier alpha value is -2.91. The van der Waals surface area contributed by atoms with Gasteiger partial charge in [0.25, 0.3) is 11.8 Å². The summed E-state index contributed by atoms with van der Waals surface area (Å²) in [6, 6.07) is 12.7. The molecule has 172 valence electrons. The number of nitrogens with zero attached hydrogens (tertiary/aromatic N) is 1. The first kappa shape index (κ1) is 23.7. The van der Waals surface area contributed by atoms with Gasteiger partial charge in [0.1, 0.15) is 5.75 Å². The summed E-state index contributed by atoms with van der Waals surface area (Å²) in [4.78, 5) is 24.2. The number of piperidine rings is 1. The number of ether oxygens (including phenoxy) is 1. The quantitative estimate of drug-likeness (QED) is 0.662. The van der Waals surface area contributed by atoms with Crippen molar-refractivity contribution in [3.05, 3.63) is 54.1 Å². The van der Waals surface area contributed by atoms with Gasteiger partial charge in [-0.25, -0.2) is 8.42 Å². The fourth-order valence-electron chi connectivity index (χ4n) is 3.84. The van der Waals surface area contributed by atoms with Crippen molar-refractivity contribution in [2.75, 3.05) is 32.1 Å². The van der Waals surface area contributed by atoms with Crippen LogP contribution in [-0.2, 0) is 14.8 Å². The van der Waals surface area contributed by atoms with Crippen molar-refractivity contribution in [1.29, 1.82) is 0 Å².